The lowest BCUT2D eigenvalue weighted by Crippen LogP contribution is -1.99. The van der Waals surface area contributed by atoms with Crippen LogP contribution in [0.1, 0.15) is 5.56 Å². The molecular formula is C10H7ClN2O2. The molecule has 76 valence electrons. The topological polar surface area (TPSA) is 63.1 Å². The first-order valence-corrected chi connectivity index (χ1v) is 4.66. The van der Waals surface area contributed by atoms with E-state index in [4.69, 9.17) is 16.7 Å². The lowest BCUT2D eigenvalue weighted by Gasteiger charge is -2.00. The minimum Gasteiger partial charge on any atom is -0.481 e. The predicted molar refractivity (Wildman–Crippen MR) is 55.9 cm³/mol. The highest BCUT2D eigenvalue weighted by Crippen LogP contribution is 2.15. The molecule has 0 aliphatic rings. The molecule has 0 atom stereocenters. The number of carbonyl (C=O) groups is 1. The first-order valence-electron chi connectivity index (χ1n) is 4.28. The van der Waals surface area contributed by atoms with Crippen LogP contribution in [0.4, 0.5) is 0 Å². The van der Waals surface area contributed by atoms with Crippen LogP contribution in [0.25, 0.3) is 10.9 Å². The number of hydrogen-bond donors (Lipinski definition) is 1. The average Bonchev–Trinajstić information content (AvgIpc) is 2.17. The lowest BCUT2D eigenvalue weighted by molar-refractivity contribution is -0.136. The summed E-state index contributed by atoms with van der Waals surface area (Å²) < 4.78 is 0. The molecule has 1 N–H and O–H groups in total. The third kappa shape index (κ3) is 2.22. The zero-order chi connectivity index (χ0) is 10.8. The Balaban J connectivity index is 2.47. The normalized spacial score (nSPS) is 10.5. The highest BCUT2D eigenvalue weighted by molar-refractivity contribution is 6.28. The summed E-state index contributed by atoms with van der Waals surface area (Å²) in [7, 11) is 0. The van der Waals surface area contributed by atoms with Gasteiger partial charge in [-0.25, -0.2) is 9.97 Å². The van der Waals surface area contributed by atoms with Crippen LogP contribution >= 0.6 is 11.6 Å². The number of aliphatic carboxylic acids is 1. The maximum absolute atomic E-state index is 10.5. The molecule has 2 aromatic rings. The van der Waals surface area contributed by atoms with E-state index in [0.717, 1.165) is 10.9 Å². The van der Waals surface area contributed by atoms with E-state index >= 15 is 0 Å². The van der Waals surface area contributed by atoms with Crippen LogP contribution in [0.2, 0.25) is 5.28 Å². The molecule has 0 saturated heterocycles. The Morgan fingerprint density at radius 2 is 2.27 bits per heavy atom. The van der Waals surface area contributed by atoms with E-state index in [0.29, 0.717) is 5.52 Å². The number of carboxylic acid groups (broad SMARTS) is 1. The molecule has 0 fully saturated rings. The van der Waals surface area contributed by atoms with Crippen molar-refractivity contribution >= 4 is 28.5 Å². The Morgan fingerprint density at radius 1 is 1.47 bits per heavy atom. The monoisotopic (exact) mass is 222 g/mol. The standard InChI is InChI=1S/C10H7ClN2O2/c11-10-12-5-7-3-6(4-9(14)15)1-2-8(7)13-10/h1-3,5H,4H2,(H,14,15). The molecule has 0 aliphatic heterocycles. The summed E-state index contributed by atoms with van der Waals surface area (Å²) in [5.41, 5.74) is 1.44. The molecule has 1 aromatic heterocycles. The fraction of sp³-hybridized carbons (Fsp3) is 0.100. The van der Waals surface area contributed by atoms with Crippen LogP contribution in [0, 0.1) is 0 Å². The molecule has 0 saturated carbocycles. The van der Waals surface area contributed by atoms with Crippen molar-refractivity contribution in [3.63, 3.8) is 0 Å². The zero-order valence-corrected chi connectivity index (χ0v) is 8.40. The van der Waals surface area contributed by atoms with E-state index < -0.39 is 5.97 Å². The number of carboxylic acids is 1. The molecule has 0 unspecified atom stereocenters. The van der Waals surface area contributed by atoms with Gasteiger partial charge in [0.15, 0.2) is 0 Å². The van der Waals surface area contributed by atoms with Gasteiger partial charge in [0.2, 0.25) is 5.28 Å². The number of fused-ring (bicyclic) bond motifs is 1. The highest BCUT2D eigenvalue weighted by atomic mass is 35.5. The molecule has 0 aliphatic carbocycles. The minimum atomic E-state index is -0.857. The first kappa shape index (κ1) is 9.86. The number of rotatable bonds is 2. The quantitative estimate of drug-likeness (QED) is 0.789. The summed E-state index contributed by atoms with van der Waals surface area (Å²) in [6.07, 6.45) is 1.58. The van der Waals surface area contributed by atoms with Gasteiger partial charge in [0, 0.05) is 11.6 Å². The Kier molecular flexibility index (Phi) is 2.51. The van der Waals surface area contributed by atoms with Gasteiger partial charge in [0.05, 0.1) is 11.9 Å². The second-order valence-corrected chi connectivity index (χ2v) is 3.44. The zero-order valence-electron chi connectivity index (χ0n) is 7.64. The Hall–Kier alpha value is -1.68. The van der Waals surface area contributed by atoms with E-state index in [1.807, 2.05) is 0 Å². The van der Waals surface area contributed by atoms with Crippen LogP contribution in [0.5, 0.6) is 0 Å². The molecule has 1 aromatic carbocycles. The molecule has 0 radical (unpaired) electrons. The van der Waals surface area contributed by atoms with Crippen molar-refractivity contribution in [2.45, 2.75) is 6.42 Å². The number of hydrogen-bond acceptors (Lipinski definition) is 3. The van der Waals surface area contributed by atoms with E-state index in [1.54, 1.807) is 24.4 Å². The van der Waals surface area contributed by atoms with Crippen LogP contribution in [-0.4, -0.2) is 21.0 Å². The number of nitrogens with zero attached hydrogens (tertiary/aromatic N) is 2. The molecule has 4 nitrogen and oxygen atoms in total. The fourth-order valence-corrected chi connectivity index (χ4v) is 1.48. The van der Waals surface area contributed by atoms with Crippen molar-refractivity contribution in [3.05, 3.63) is 35.2 Å². The van der Waals surface area contributed by atoms with E-state index in [-0.39, 0.29) is 11.7 Å². The summed E-state index contributed by atoms with van der Waals surface area (Å²) in [5.74, 6) is -0.857. The lowest BCUT2D eigenvalue weighted by atomic mass is 10.1. The summed E-state index contributed by atoms with van der Waals surface area (Å²) in [5, 5.41) is 9.61. The summed E-state index contributed by atoms with van der Waals surface area (Å²) in [6, 6.07) is 5.21. The average molecular weight is 223 g/mol. The van der Waals surface area contributed by atoms with Crippen molar-refractivity contribution in [2.24, 2.45) is 0 Å². The molecule has 15 heavy (non-hydrogen) atoms. The maximum atomic E-state index is 10.5. The Morgan fingerprint density at radius 3 is 3.00 bits per heavy atom. The Labute approximate surface area is 90.5 Å². The van der Waals surface area contributed by atoms with Gasteiger partial charge in [-0.15, -0.1) is 0 Å². The first-order chi connectivity index (χ1) is 7.15. The molecule has 0 spiro atoms. The van der Waals surface area contributed by atoms with Gasteiger partial charge < -0.3 is 5.11 Å². The van der Waals surface area contributed by atoms with Gasteiger partial charge in [-0.1, -0.05) is 6.07 Å². The van der Waals surface area contributed by atoms with Gasteiger partial charge in [-0.2, -0.15) is 0 Å². The van der Waals surface area contributed by atoms with Gasteiger partial charge in [0.1, 0.15) is 0 Å². The van der Waals surface area contributed by atoms with Gasteiger partial charge in [-0.05, 0) is 29.3 Å². The number of halogens is 1. The van der Waals surface area contributed by atoms with Crippen molar-refractivity contribution in [1.29, 1.82) is 0 Å². The summed E-state index contributed by atoms with van der Waals surface area (Å²) in [4.78, 5) is 18.3. The van der Waals surface area contributed by atoms with Crippen LogP contribution in [0.3, 0.4) is 0 Å². The number of aromatic nitrogens is 2. The van der Waals surface area contributed by atoms with Crippen molar-refractivity contribution < 1.29 is 9.90 Å². The summed E-state index contributed by atoms with van der Waals surface area (Å²) >= 11 is 5.63. The Bertz CT molecular complexity index is 528. The van der Waals surface area contributed by atoms with Crippen LogP contribution < -0.4 is 0 Å². The SMILES string of the molecule is O=C(O)Cc1ccc2nc(Cl)ncc2c1. The maximum Gasteiger partial charge on any atom is 0.307 e. The van der Waals surface area contributed by atoms with Gasteiger partial charge >= 0.3 is 5.97 Å². The van der Waals surface area contributed by atoms with Crippen molar-refractivity contribution in [1.82, 2.24) is 9.97 Å². The third-order valence-electron chi connectivity index (χ3n) is 1.97. The highest BCUT2D eigenvalue weighted by Gasteiger charge is 2.03. The fourth-order valence-electron chi connectivity index (χ4n) is 1.34. The van der Waals surface area contributed by atoms with E-state index in [1.165, 1.54) is 0 Å². The third-order valence-corrected chi connectivity index (χ3v) is 2.15. The number of benzene rings is 1. The second-order valence-electron chi connectivity index (χ2n) is 3.10. The second kappa shape index (κ2) is 3.82. The predicted octanol–water partition coefficient (Wildman–Crippen LogP) is 1.91. The van der Waals surface area contributed by atoms with Crippen LogP contribution in [0.15, 0.2) is 24.4 Å². The summed E-state index contributed by atoms with van der Waals surface area (Å²) in [6.45, 7) is 0. The molecule has 0 amide bonds. The smallest absolute Gasteiger partial charge is 0.307 e. The molecular weight excluding hydrogens is 216 g/mol. The van der Waals surface area contributed by atoms with E-state index in [9.17, 15) is 4.79 Å². The largest absolute Gasteiger partial charge is 0.481 e. The van der Waals surface area contributed by atoms with Gasteiger partial charge in [0.25, 0.3) is 0 Å². The van der Waals surface area contributed by atoms with E-state index in [2.05, 4.69) is 9.97 Å². The van der Waals surface area contributed by atoms with Crippen molar-refractivity contribution in [2.75, 3.05) is 0 Å². The minimum absolute atomic E-state index is 0.00142. The van der Waals surface area contributed by atoms with Gasteiger partial charge in [-0.3, -0.25) is 4.79 Å². The van der Waals surface area contributed by atoms with Crippen LogP contribution in [-0.2, 0) is 11.2 Å². The van der Waals surface area contributed by atoms with Crippen molar-refractivity contribution in [3.8, 4) is 0 Å². The molecule has 1 heterocycles. The molecule has 2 rings (SSSR count). The molecule has 0 bridgehead atoms. The molecule has 5 heteroatoms.